The Hall–Kier alpha value is -1.33. The number of amidine groups is 1. The number of likely N-dealkylation sites (N-methyl/N-ethyl adjacent to an activating group) is 1. The third-order valence-electron chi connectivity index (χ3n) is 7.23. The number of hydrogen-bond donors (Lipinski definition) is 0. The molecule has 0 aromatic heterocycles. The van der Waals surface area contributed by atoms with E-state index in [1.165, 1.54) is 11.1 Å². The number of rotatable bonds is 1. The monoisotopic (exact) mass is 400 g/mol. The molecule has 2 spiro atoms. The van der Waals surface area contributed by atoms with Crippen molar-refractivity contribution in [3.63, 3.8) is 0 Å². The van der Waals surface area contributed by atoms with Gasteiger partial charge in [0.1, 0.15) is 0 Å². The molecule has 152 valence electrons. The molecule has 1 atom stereocenters. The van der Waals surface area contributed by atoms with E-state index in [1.807, 2.05) is 13.3 Å². The van der Waals surface area contributed by atoms with E-state index in [2.05, 4.69) is 39.0 Å². The first-order valence-corrected chi connectivity index (χ1v) is 11.5. The number of amides is 1. The van der Waals surface area contributed by atoms with Crippen molar-refractivity contribution in [2.45, 2.75) is 69.9 Å². The normalized spacial score (nSPS) is 32.4. The molecule has 1 heterocycles. The summed E-state index contributed by atoms with van der Waals surface area (Å²) in [6.45, 7) is 6.69. The quantitative estimate of drug-likeness (QED) is 0.697. The van der Waals surface area contributed by atoms with E-state index in [9.17, 15) is 4.79 Å². The number of methoxy groups -OCH3 is 1. The smallest absolute Gasteiger partial charge is 0.261 e. The minimum Gasteiger partial charge on any atom is -0.381 e. The van der Waals surface area contributed by atoms with Crippen LogP contribution < -0.4 is 0 Å². The van der Waals surface area contributed by atoms with E-state index < -0.39 is 5.54 Å². The molecule has 2 aliphatic carbocycles. The van der Waals surface area contributed by atoms with E-state index in [0.717, 1.165) is 42.8 Å². The second-order valence-electron chi connectivity index (χ2n) is 9.69. The van der Waals surface area contributed by atoms with Crippen LogP contribution in [0.2, 0.25) is 0 Å². The summed E-state index contributed by atoms with van der Waals surface area (Å²) in [5, 5.41) is 0.840. The standard InChI is InChI=1S/C23H32N2O2S/c1-21(2,3)16-8-7-15-14-22(11-9-17(27-5)10-12-22)23(18(15)13-16)19(26)25(4)20(24-23)28-6/h7-8,13,17H,9-12,14H2,1-6H3. The van der Waals surface area contributed by atoms with Crippen molar-refractivity contribution in [3.05, 3.63) is 34.9 Å². The molecule has 4 nitrogen and oxygen atoms in total. The first-order valence-electron chi connectivity index (χ1n) is 10.3. The molecule has 3 aliphatic rings. The van der Waals surface area contributed by atoms with Gasteiger partial charge in [0.2, 0.25) is 0 Å². The summed E-state index contributed by atoms with van der Waals surface area (Å²) in [7, 11) is 3.68. The molecule has 5 heteroatoms. The lowest BCUT2D eigenvalue weighted by Gasteiger charge is -2.45. The van der Waals surface area contributed by atoms with Crippen molar-refractivity contribution in [2.75, 3.05) is 20.4 Å². The fourth-order valence-corrected chi connectivity index (χ4v) is 6.11. The summed E-state index contributed by atoms with van der Waals surface area (Å²) in [5.41, 5.74) is 2.86. The molecule has 0 N–H and O–H groups in total. The van der Waals surface area contributed by atoms with Gasteiger partial charge in [0.15, 0.2) is 10.7 Å². The van der Waals surface area contributed by atoms with Gasteiger partial charge >= 0.3 is 0 Å². The van der Waals surface area contributed by atoms with Gasteiger partial charge in [-0.05, 0) is 60.5 Å². The predicted octanol–water partition coefficient (Wildman–Crippen LogP) is 4.50. The Morgan fingerprint density at radius 3 is 2.46 bits per heavy atom. The fourth-order valence-electron chi connectivity index (χ4n) is 5.53. The molecule has 1 amide bonds. The Morgan fingerprint density at radius 1 is 1.25 bits per heavy atom. The summed E-state index contributed by atoms with van der Waals surface area (Å²) >= 11 is 1.57. The molecule has 1 saturated carbocycles. The van der Waals surface area contributed by atoms with E-state index >= 15 is 0 Å². The lowest BCUT2D eigenvalue weighted by atomic mass is 9.61. The maximum Gasteiger partial charge on any atom is 0.261 e. The fraction of sp³-hybridized carbons (Fsp3) is 0.652. The highest BCUT2D eigenvalue weighted by molar-refractivity contribution is 8.13. The number of hydrogen-bond acceptors (Lipinski definition) is 4. The first kappa shape index (κ1) is 20.0. The van der Waals surface area contributed by atoms with Crippen LogP contribution in [0.3, 0.4) is 0 Å². The number of aliphatic imine (C=N–C) groups is 1. The molecule has 1 unspecified atom stereocenters. The van der Waals surface area contributed by atoms with E-state index in [4.69, 9.17) is 9.73 Å². The number of nitrogens with zero attached hydrogens (tertiary/aromatic N) is 2. The maximum atomic E-state index is 13.8. The van der Waals surface area contributed by atoms with Crippen LogP contribution in [-0.4, -0.2) is 42.5 Å². The zero-order valence-corrected chi connectivity index (χ0v) is 18.8. The number of fused-ring (bicyclic) bond motifs is 3. The lowest BCUT2D eigenvalue weighted by molar-refractivity contribution is -0.137. The average Bonchev–Trinajstić information content (AvgIpc) is 3.09. The number of carbonyl (C=O) groups excluding carboxylic acids is 1. The molecule has 0 bridgehead atoms. The highest BCUT2D eigenvalue weighted by atomic mass is 32.2. The molecular weight excluding hydrogens is 368 g/mol. The first-order chi connectivity index (χ1) is 13.2. The van der Waals surface area contributed by atoms with Crippen LogP contribution in [0.15, 0.2) is 23.2 Å². The molecule has 0 saturated heterocycles. The molecular formula is C23H32N2O2S. The number of thioether (sulfide) groups is 1. The topological polar surface area (TPSA) is 41.9 Å². The molecule has 4 rings (SSSR count). The summed E-state index contributed by atoms with van der Waals surface area (Å²) in [5.74, 6) is 0.150. The zero-order valence-electron chi connectivity index (χ0n) is 18.0. The minimum absolute atomic E-state index is 0.0410. The Kier molecular flexibility index (Phi) is 4.70. The van der Waals surface area contributed by atoms with Gasteiger partial charge in [-0.2, -0.15) is 0 Å². The van der Waals surface area contributed by atoms with Gasteiger partial charge in [0.25, 0.3) is 5.91 Å². The van der Waals surface area contributed by atoms with Gasteiger partial charge in [0.05, 0.1) is 6.10 Å². The van der Waals surface area contributed by atoms with Crippen molar-refractivity contribution in [1.29, 1.82) is 0 Å². The van der Waals surface area contributed by atoms with Crippen LogP contribution in [0.4, 0.5) is 0 Å². The van der Waals surface area contributed by atoms with Crippen molar-refractivity contribution in [2.24, 2.45) is 10.4 Å². The molecule has 1 aromatic rings. The highest BCUT2D eigenvalue weighted by Crippen LogP contribution is 2.62. The van der Waals surface area contributed by atoms with E-state index in [1.54, 1.807) is 23.8 Å². The Bertz CT molecular complexity index is 833. The second-order valence-corrected chi connectivity index (χ2v) is 10.5. The van der Waals surface area contributed by atoms with Crippen LogP contribution in [0.5, 0.6) is 0 Å². The Labute approximate surface area is 173 Å². The van der Waals surface area contributed by atoms with Crippen molar-refractivity contribution >= 4 is 22.8 Å². The summed E-state index contributed by atoms with van der Waals surface area (Å²) in [6, 6.07) is 6.79. The van der Waals surface area contributed by atoms with Crippen LogP contribution in [-0.2, 0) is 26.9 Å². The van der Waals surface area contributed by atoms with Crippen molar-refractivity contribution < 1.29 is 9.53 Å². The van der Waals surface area contributed by atoms with Crippen LogP contribution in [0.25, 0.3) is 0 Å². The third-order valence-corrected chi connectivity index (χ3v) is 7.96. The van der Waals surface area contributed by atoms with Crippen LogP contribution >= 0.6 is 11.8 Å². The maximum absolute atomic E-state index is 13.8. The van der Waals surface area contributed by atoms with Crippen LogP contribution in [0.1, 0.15) is 63.1 Å². The molecule has 0 radical (unpaired) electrons. The van der Waals surface area contributed by atoms with Gasteiger partial charge in [-0.1, -0.05) is 50.7 Å². The van der Waals surface area contributed by atoms with E-state index in [-0.39, 0.29) is 16.7 Å². The minimum atomic E-state index is -0.768. The Balaban J connectivity index is 1.91. The van der Waals surface area contributed by atoms with Crippen molar-refractivity contribution in [1.82, 2.24) is 4.90 Å². The lowest BCUT2D eigenvalue weighted by Crippen LogP contribution is -2.51. The second kappa shape index (κ2) is 6.60. The van der Waals surface area contributed by atoms with Gasteiger partial charge in [-0.15, -0.1) is 0 Å². The van der Waals surface area contributed by atoms with Gasteiger partial charge < -0.3 is 4.74 Å². The third kappa shape index (κ3) is 2.62. The van der Waals surface area contributed by atoms with Gasteiger partial charge in [-0.25, -0.2) is 4.99 Å². The van der Waals surface area contributed by atoms with Crippen molar-refractivity contribution in [3.8, 4) is 0 Å². The molecule has 1 aromatic carbocycles. The number of ether oxygens (including phenoxy) is 1. The zero-order chi connectivity index (χ0) is 20.3. The molecule has 1 aliphatic heterocycles. The van der Waals surface area contributed by atoms with Crippen LogP contribution in [0, 0.1) is 5.41 Å². The summed E-state index contributed by atoms with van der Waals surface area (Å²) in [4.78, 5) is 20.8. The summed E-state index contributed by atoms with van der Waals surface area (Å²) in [6.07, 6.45) is 7.21. The largest absolute Gasteiger partial charge is 0.381 e. The van der Waals surface area contributed by atoms with E-state index in [0.29, 0.717) is 6.10 Å². The predicted molar refractivity (Wildman–Crippen MR) is 116 cm³/mol. The van der Waals surface area contributed by atoms with Gasteiger partial charge in [-0.3, -0.25) is 9.69 Å². The number of benzene rings is 1. The average molecular weight is 401 g/mol. The highest BCUT2D eigenvalue weighted by Gasteiger charge is 2.66. The molecule has 28 heavy (non-hydrogen) atoms. The SMILES string of the molecule is COC1CCC2(CC1)Cc1ccc(C(C)(C)C)cc1C21N=C(SC)N(C)C1=O. The van der Waals surface area contributed by atoms with Gasteiger partial charge in [0, 0.05) is 19.6 Å². The summed E-state index contributed by atoms with van der Waals surface area (Å²) < 4.78 is 5.64. The molecule has 1 fully saturated rings. The number of carbonyl (C=O) groups is 1. The Morgan fingerprint density at radius 2 is 1.93 bits per heavy atom.